The number of pyridine rings is 1. The van der Waals surface area contributed by atoms with Crippen LogP contribution in [0.4, 0.5) is 0 Å². The van der Waals surface area contributed by atoms with E-state index in [4.69, 9.17) is 5.11 Å². The van der Waals surface area contributed by atoms with Crippen molar-refractivity contribution in [1.29, 1.82) is 0 Å². The van der Waals surface area contributed by atoms with Crippen LogP contribution >= 0.6 is 0 Å². The second kappa shape index (κ2) is 6.50. The van der Waals surface area contributed by atoms with Crippen molar-refractivity contribution in [3.8, 4) is 0 Å². The lowest BCUT2D eigenvalue weighted by Gasteiger charge is -2.25. The van der Waals surface area contributed by atoms with E-state index >= 15 is 0 Å². The summed E-state index contributed by atoms with van der Waals surface area (Å²) in [4.78, 5) is 29.3. The van der Waals surface area contributed by atoms with Gasteiger partial charge in [0.25, 0.3) is 0 Å². The Morgan fingerprint density at radius 1 is 1.35 bits per heavy atom. The molecule has 1 aromatic rings. The fraction of sp³-hybridized carbons (Fsp3) is 0.533. The van der Waals surface area contributed by atoms with Gasteiger partial charge in [-0.05, 0) is 39.8 Å². The molecule has 110 valence electrons. The van der Waals surface area contributed by atoms with Crippen molar-refractivity contribution < 1.29 is 14.7 Å². The molecule has 5 nitrogen and oxygen atoms in total. The van der Waals surface area contributed by atoms with Gasteiger partial charge in [0.15, 0.2) is 0 Å². The summed E-state index contributed by atoms with van der Waals surface area (Å²) >= 11 is 0. The van der Waals surface area contributed by atoms with Gasteiger partial charge in [0.05, 0.1) is 17.7 Å². The van der Waals surface area contributed by atoms with Gasteiger partial charge in [0.1, 0.15) is 0 Å². The highest BCUT2D eigenvalue weighted by Gasteiger charge is 2.31. The van der Waals surface area contributed by atoms with E-state index < -0.39 is 11.4 Å². The summed E-state index contributed by atoms with van der Waals surface area (Å²) in [5, 5.41) is 9.09. The van der Waals surface area contributed by atoms with E-state index in [1.807, 2.05) is 32.0 Å². The van der Waals surface area contributed by atoms with Gasteiger partial charge in [0.2, 0.25) is 5.91 Å². The van der Waals surface area contributed by atoms with Crippen molar-refractivity contribution in [3.63, 3.8) is 0 Å². The van der Waals surface area contributed by atoms with E-state index in [1.54, 1.807) is 18.7 Å². The molecule has 1 N–H and O–H groups in total. The molecule has 1 rings (SSSR count). The number of amides is 1. The van der Waals surface area contributed by atoms with Crippen molar-refractivity contribution in [3.05, 3.63) is 29.6 Å². The lowest BCUT2D eigenvalue weighted by molar-refractivity contribution is -0.151. The van der Waals surface area contributed by atoms with Crippen molar-refractivity contribution >= 4 is 11.9 Å². The first kappa shape index (κ1) is 16.1. The van der Waals surface area contributed by atoms with Crippen LogP contribution in [-0.2, 0) is 16.1 Å². The third-order valence-corrected chi connectivity index (χ3v) is 3.21. The van der Waals surface area contributed by atoms with Crippen LogP contribution in [0.5, 0.6) is 0 Å². The quantitative estimate of drug-likeness (QED) is 0.866. The highest BCUT2D eigenvalue weighted by Crippen LogP contribution is 2.22. The summed E-state index contributed by atoms with van der Waals surface area (Å²) in [6.45, 7) is 7.84. The standard InChI is InChI=1S/C15H22N2O3/c1-5-17(10-12-8-6-7-11(2)16-12)13(18)9-15(3,4)14(19)20/h6-8H,5,9-10H2,1-4H3,(H,19,20). The van der Waals surface area contributed by atoms with Gasteiger partial charge in [-0.15, -0.1) is 0 Å². The third-order valence-electron chi connectivity index (χ3n) is 3.21. The highest BCUT2D eigenvalue weighted by atomic mass is 16.4. The van der Waals surface area contributed by atoms with Gasteiger partial charge < -0.3 is 10.0 Å². The van der Waals surface area contributed by atoms with Crippen molar-refractivity contribution in [2.75, 3.05) is 6.54 Å². The summed E-state index contributed by atoms with van der Waals surface area (Å²) in [7, 11) is 0. The van der Waals surface area contributed by atoms with Crippen LogP contribution in [-0.4, -0.2) is 33.4 Å². The average Bonchev–Trinajstić information content (AvgIpc) is 2.35. The van der Waals surface area contributed by atoms with E-state index in [0.29, 0.717) is 13.1 Å². The normalized spacial score (nSPS) is 11.2. The number of nitrogens with zero attached hydrogens (tertiary/aromatic N) is 2. The molecule has 0 aromatic carbocycles. The largest absolute Gasteiger partial charge is 0.481 e. The Balaban J connectivity index is 2.76. The summed E-state index contributed by atoms with van der Waals surface area (Å²) in [5.74, 6) is -1.13. The van der Waals surface area contributed by atoms with Crippen LogP contribution in [0.15, 0.2) is 18.2 Å². The average molecular weight is 278 g/mol. The zero-order valence-corrected chi connectivity index (χ0v) is 12.5. The summed E-state index contributed by atoms with van der Waals surface area (Å²) in [6, 6.07) is 5.66. The predicted octanol–water partition coefficient (Wildman–Crippen LogP) is 2.24. The minimum absolute atomic E-state index is 0.0119. The predicted molar refractivity (Wildman–Crippen MR) is 76.1 cm³/mol. The Morgan fingerprint density at radius 2 is 2.00 bits per heavy atom. The Labute approximate surface area is 119 Å². The molecule has 20 heavy (non-hydrogen) atoms. The van der Waals surface area contributed by atoms with E-state index in [1.165, 1.54) is 0 Å². The highest BCUT2D eigenvalue weighted by molar-refractivity contribution is 5.84. The van der Waals surface area contributed by atoms with Crippen molar-refractivity contribution in [2.24, 2.45) is 5.41 Å². The van der Waals surface area contributed by atoms with Crippen LogP contribution in [0.3, 0.4) is 0 Å². The van der Waals surface area contributed by atoms with E-state index in [2.05, 4.69) is 4.98 Å². The van der Waals surface area contributed by atoms with Gasteiger partial charge >= 0.3 is 5.97 Å². The molecule has 0 aliphatic rings. The van der Waals surface area contributed by atoms with Crippen molar-refractivity contribution in [2.45, 2.75) is 40.7 Å². The molecule has 0 saturated carbocycles. The molecule has 0 fully saturated rings. The minimum atomic E-state index is -1.05. The molecule has 0 aliphatic heterocycles. The zero-order valence-electron chi connectivity index (χ0n) is 12.5. The van der Waals surface area contributed by atoms with Gasteiger partial charge in [0, 0.05) is 18.7 Å². The number of carboxylic acids is 1. The molecule has 5 heteroatoms. The molecule has 0 unspecified atom stereocenters. The molecule has 0 radical (unpaired) electrons. The second-order valence-electron chi connectivity index (χ2n) is 5.54. The third kappa shape index (κ3) is 4.33. The molecule has 0 bridgehead atoms. The molecular formula is C15H22N2O3. The van der Waals surface area contributed by atoms with Gasteiger partial charge in [-0.2, -0.15) is 0 Å². The summed E-state index contributed by atoms with van der Waals surface area (Å²) in [6.07, 6.45) is -0.0119. The van der Waals surface area contributed by atoms with Gasteiger partial charge in [-0.25, -0.2) is 0 Å². The SMILES string of the molecule is CCN(Cc1cccc(C)n1)C(=O)CC(C)(C)C(=O)O. The molecule has 1 amide bonds. The molecule has 0 saturated heterocycles. The number of hydrogen-bond donors (Lipinski definition) is 1. The van der Waals surface area contributed by atoms with Crippen molar-refractivity contribution in [1.82, 2.24) is 9.88 Å². The molecule has 0 spiro atoms. The topological polar surface area (TPSA) is 70.5 Å². The smallest absolute Gasteiger partial charge is 0.309 e. The number of carboxylic acid groups (broad SMARTS) is 1. The van der Waals surface area contributed by atoms with Crippen LogP contribution in [0.2, 0.25) is 0 Å². The number of aryl methyl sites for hydroxylation is 1. The summed E-state index contributed by atoms with van der Waals surface area (Å²) < 4.78 is 0. The maximum atomic E-state index is 12.2. The number of hydrogen-bond acceptors (Lipinski definition) is 3. The number of aromatic nitrogens is 1. The van der Waals surface area contributed by atoms with Crippen LogP contribution in [0.25, 0.3) is 0 Å². The Hall–Kier alpha value is -1.91. The first-order chi connectivity index (χ1) is 9.26. The molecule has 1 heterocycles. The lowest BCUT2D eigenvalue weighted by Crippen LogP contribution is -2.36. The maximum absolute atomic E-state index is 12.2. The zero-order chi connectivity index (χ0) is 15.3. The molecule has 1 aromatic heterocycles. The monoisotopic (exact) mass is 278 g/mol. The fourth-order valence-electron chi connectivity index (χ4n) is 1.82. The lowest BCUT2D eigenvalue weighted by atomic mass is 9.89. The van der Waals surface area contributed by atoms with Gasteiger partial charge in [-0.3, -0.25) is 14.6 Å². The Bertz CT molecular complexity index is 498. The molecular weight excluding hydrogens is 256 g/mol. The number of aliphatic carboxylic acids is 1. The summed E-state index contributed by atoms with van der Waals surface area (Å²) in [5.41, 5.74) is 0.662. The van der Waals surface area contributed by atoms with Crippen LogP contribution < -0.4 is 0 Å². The Kier molecular flexibility index (Phi) is 5.25. The first-order valence-corrected chi connectivity index (χ1v) is 6.70. The van der Waals surface area contributed by atoms with E-state index in [9.17, 15) is 9.59 Å². The number of rotatable bonds is 6. The fourth-order valence-corrected chi connectivity index (χ4v) is 1.82. The number of carbonyl (C=O) groups is 2. The molecule has 0 atom stereocenters. The van der Waals surface area contributed by atoms with Crippen LogP contribution in [0, 0.1) is 12.3 Å². The maximum Gasteiger partial charge on any atom is 0.309 e. The minimum Gasteiger partial charge on any atom is -0.481 e. The van der Waals surface area contributed by atoms with Crippen LogP contribution in [0.1, 0.15) is 38.6 Å². The number of carbonyl (C=O) groups excluding carboxylic acids is 1. The van der Waals surface area contributed by atoms with Gasteiger partial charge in [-0.1, -0.05) is 6.07 Å². The van der Waals surface area contributed by atoms with E-state index in [0.717, 1.165) is 11.4 Å². The van der Waals surface area contributed by atoms with E-state index in [-0.39, 0.29) is 12.3 Å². The first-order valence-electron chi connectivity index (χ1n) is 6.70. The Morgan fingerprint density at radius 3 is 2.50 bits per heavy atom. The second-order valence-corrected chi connectivity index (χ2v) is 5.54. The molecule has 0 aliphatic carbocycles.